The summed E-state index contributed by atoms with van der Waals surface area (Å²) in [7, 11) is 0. The lowest BCUT2D eigenvalue weighted by molar-refractivity contribution is -0.119. The van der Waals surface area contributed by atoms with Crippen LogP contribution in [0.3, 0.4) is 0 Å². The third-order valence-electron chi connectivity index (χ3n) is 2.31. The van der Waals surface area contributed by atoms with Gasteiger partial charge in [0.2, 0.25) is 0 Å². The summed E-state index contributed by atoms with van der Waals surface area (Å²) in [6.45, 7) is 1.33. The minimum absolute atomic E-state index is 0.290. The number of benzene rings is 1. The lowest BCUT2D eigenvalue weighted by atomic mass is 10.2. The van der Waals surface area contributed by atoms with Crippen molar-refractivity contribution < 1.29 is 18.8 Å². The fraction of sp³-hybridized carbons (Fsp3) is 0.154. The Morgan fingerprint density at radius 1 is 1.35 bits per heavy atom. The Balaban J connectivity index is 1.84. The van der Waals surface area contributed by atoms with Crippen molar-refractivity contribution in [3.63, 3.8) is 0 Å². The molecule has 0 unspecified atom stereocenters. The van der Waals surface area contributed by atoms with E-state index < -0.39 is 11.9 Å². The molecule has 0 aliphatic heterocycles. The average Bonchev–Trinajstić information content (AvgIpc) is 2.82. The van der Waals surface area contributed by atoms with Gasteiger partial charge < -0.3 is 14.6 Å². The molecule has 2 rings (SSSR count). The van der Waals surface area contributed by atoms with Crippen molar-refractivity contribution >= 4 is 40.3 Å². The number of nitrogens with one attached hydrogen (secondary N) is 1. The minimum Gasteiger partial charge on any atom is -0.452 e. The molecule has 2 aromatic rings. The zero-order chi connectivity index (χ0) is 14.5. The van der Waals surface area contributed by atoms with E-state index in [1.807, 2.05) is 0 Å². The van der Waals surface area contributed by atoms with Crippen LogP contribution in [0.15, 0.2) is 34.9 Å². The number of amides is 1. The Hall–Kier alpha value is -1.90. The summed E-state index contributed by atoms with van der Waals surface area (Å²) in [6.07, 6.45) is 0. The second kappa shape index (κ2) is 6.51. The molecule has 1 aromatic carbocycles. The molecule has 6 nitrogen and oxygen atoms in total. The number of nitrogens with zero attached hydrogens (tertiary/aromatic N) is 1. The van der Waals surface area contributed by atoms with E-state index in [1.165, 1.54) is 0 Å². The van der Waals surface area contributed by atoms with E-state index in [9.17, 15) is 9.59 Å². The van der Waals surface area contributed by atoms with Gasteiger partial charge in [0.05, 0.1) is 5.56 Å². The maximum absolute atomic E-state index is 11.7. The van der Waals surface area contributed by atoms with Crippen molar-refractivity contribution in [2.24, 2.45) is 0 Å². The quantitative estimate of drug-likeness (QED) is 0.645. The number of anilines is 1. The molecule has 0 spiro atoms. The summed E-state index contributed by atoms with van der Waals surface area (Å²) in [5.74, 6) is -0.154. The molecular formula is C13H11IN2O4. The second-order valence-electron chi connectivity index (χ2n) is 3.95. The fourth-order valence-corrected chi connectivity index (χ4v) is 1.76. The minimum atomic E-state index is -0.548. The smallest absolute Gasteiger partial charge is 0.338 e. The number of hydrogen-bond acceptors (Lipinski definition) is 5. The van der Waals surface area contributed by atoms with Gasteiger partial charge in [0.1, 0.15) is 5.76 Å². The summed E-state index contributed by atoms with van der Waals surface area (Å²) in [5, 5.41) is 6.06. The van der Waals surface area contributed by atoms with Crippen LogP contribution >= 0.6 is 22.6 Å². The van der Waals surface area contributed by atoms with Crippen LogP contribution in [0.4, 0.5) is 5.82 Å². The van der Waals surface area contributed by atoms with E-state index in [4.69, 9.17) is 9.26 Å². The van der Waals surface area contributed by atoms with E-state index in [0.717, 1.165) is 3.57 Å². The second-order valence-corrected chi connectivity index (χ2v) is 5.20. The highest BCUT2D eigenvalue weighted by Crippen LogP contribution is 2.09. The monoisotopic (exact) mass is 386 g/mol. The largest absolute Gasteiger partial charge is 0.452 e. The number of hydrogen-bond donors (Lipinski definition) is 1. The van der Waals surface area contributed by atoms with Gasteiger partial charge in [-0.3, -0.25) is 4.79 Å². The number of carbonyl (C=O) groups excluding carboxylic acids is 2. The third-order valence-corrected chi connectivity index (χ3v) is 3.03. The Morgan fingerprint density at radius 3 is 2.65 bits per heavy atom. The van der Waals surface area contributed by atoms with Crippen molar-refractivity contribution in [2.45, 2.75) is 6.92 Å². The van der Waals surface area contributed by atoms with Crippen LogP contribution < -0.4 is 5.32 Å². The maximum atomic E-state index is 11.7. The Bertz CT molecular complexity index is 622. The predicted molar refractivity (Wildman–Crippen MR) is 79.3 cm³/mol. The molecule has 0 fully saturated rings. The maximum Gasteiger partial charge on any atom is 0.338 e. The normalized spacial score (nSPS) is 10.1. The molecule has 20 heavy (non-hydrogen) atoms. The standard InChI is InChI=1S/C13H11IN2O4/c1-8-6-11(16-20-8)15-12(17)7-19-13(18)9-2-4-10(14)5-3-9/h2-6H,7H2,1H3,(H,15,16,17). The van der Waals surface area contributed by atoms with Gasteiger partial charge in [-0.15, -0.1) is 0 Å². The van der Waals surface area contributed by atoms with Crippen LogP contribution in [0.2, 0.25) is 0 Å². The third kappa shape index (κ3) is 4.05. The predicted octanol–water partition coefficient (Wildman–Crippen LogP) is 2.38. The first-order valence-electron chi connectivity index (χ1n) is 5.70. The van der Waals surface area contributed by atoms with Gasteiger partial charge >= 0.3 is 5.97 Å². The van der Waals surface area contributed by atoms with Gasteiger partial charge in [-0.25, -0.2) is 4.79 Å². The van der Waals surface area contributed by atoms with Crippen LogP contribution in [0, 0.1) is 10.5 Å². The molecule has 0 bridgehead atoms. The molecular weight excluding hydrogens is 375 g/mol. The van der Waals surface area contributed by atoms with Crippen molar-refractivity contribution in [2.75, 3.05) is 11.9 Å². The Labute approximate surface area is 128 Å². The lowest BCUT2D eigenvalue weighted by Crippen LogP contribution is -2.21. The SMILES string of the molecule is Cc1cc(NC(=O)COC(=O)c2ccc(I)cc2)no1. The molecule has 1 heterocycles. The van der Waals surface area contributed by atoms with Crippen molar-refractivity contribution in [3.8, 4) is 0 Å². The molecule has 0 aliphatic rings. The van der Waals surface area contributed by atoms with Gasteiger partial charge in [-0.2, -0.15) is 0 Å². The van der Waals surface area contributed by atoms with Crippen LogP contribution in [-0.2, 0) is 9.53 Å². The van der Waals surface area contributed by atoms with Crippen molar-refractivity contribution in [1.82, 2.24) is 5.16 Å². The molecule has 0 saturated heterocycles. The molecule has 0 saturated carbocycles. The Morgan fingerprint density at radius 2 is 2.05 bits per heavy atom. The number of carbonyl (C=O) groups is 2. The molecule has 0 radical (unpaired) electrons. The molecule has 7 heteroatoms. The first kappa shape index (κ1) is 14.5. The summed E-state index contributed by atoms with van der Waals surface area (Å²) < 4.78 is 10.7. The van der Waals surface area contributed by atoms with Gasteiger partial charge in [-0.1, -0.05) is 5.16 Å². The molecule has 0 aliphatic carbocycles. The van der Waals surface area contributed by atoms with Crippen LogP contribution in [-0.4, -0.2) is 23.6 Å². The molecule has 104 valence electrons. The van der Waals surface area contributed by atoms with Crippen molar-refractivity contribution in [1.29, 1.82) is 0 Å². The number of ether oxygens (including phenoxy) is 1. The highest BCUT2D eigenvalue weighted by atomic mass is 127. The van der Waals surface area contributed by atoms with E-state index >= 15 is 0 Å². The summed E-state index contributed by atoms with van der Waals surface area (Å²) >= 11 is 2.13. The van der Waals surface area contributed by atoms with Crippen molar-refractivity contribution in [3.05, 3.63) is 45.2 Å². The number of aryl methyl sites for hydroxylation is 1. The Kier molecular flexibility index (Phi) is 4.72. The molecule has 0 atom stereocenters. The van der Waals surface area contributed by atoms with Gasteiger partial charge in [0.15, 0.2) is 12.4 Å². The summed E-state index contributed by atoms with van der Waals surface area (Å²) in [6, 6.07) is 8.43. The summed E-state index contributed by atoms with van der Waals surface area (Å²) in [4.78, 5) is 23.2. The van der Waals surface area contributed by atoms with Gasteiger partial charge in [-0.05, 0) is 53.8 Å². The highest BCUT2D eigenvalue weighted by Gasteiger charge is 2.11. The molecule has 1 N–H and O–H groups in total. The zero-order valence-corrected chi connectivity index (χ0v) is 12.7. The van der Waals surface area contributed by atoms with Gasteiger partial charge in [0, 0.05) is 9.64 Å². The van der Waals surface area contributed by atoms with E-state index in [2.05, 4.69) is 33.1 Å². The lowest BCUT2D eigenvalue weighted by Gasteiger charge is -2.04. The van der Waals surface area contributed by atoms with Gasteiger partial charge in [0.25, 0.3) is 5.91 Å². The summed E-state index contributed by atoms with van der Waals surface area (Å²) in [5.41, 5.74) is 0.399. The van der Waals surface area contributed by atoms with Crippen LogP contribution in [0.1, 0.15) is 16.1 Å². The van der Waals surface area contributed by atoms with E-state index in [-0.39, 0.29) is 12.4 Å². The first-order valence-corrected chi connectivity index (χ1v) is 6.78. The van der Waals surface area contributed by atoms with Crippen LogP contribution in [0.25, 0.3) is 0 Å². The molecule has 1 amide bonds. The zero-order valence-electron chi connectivity index (χ0n) is 10.6. The first-order chi connectivity index (χ1) is 9.54. The fourth-order valence-electron chi connectivity index (χ4n) is 1.40. The average molecular weight is 386 g/mol. The number of esters is 1. The van der Waals surface area contributed by atoms with E-state index in [1.54, 1.807) is 37.3 Å². The van der Waals surface area contributed by atoms with Crippen LogP contribution in [0.5, 0.6) is 0 Å². The number of aromatic nitrogens is 1. The highest BCUT2D eigenvalue weighted by molar-refractivity contribution is 14.1. The molecule has 1 aromatic heterocycles. The number of halogens is 1. The van der Waals surface area contributed by atoms with E-state index in [0.29, 0.717) is 11.3 Å². The number of rotatable bonds is 4. The topological polar surface area (TPSA) is 81.4 Å².